The number of nitrogens with zero attached hydrogens (tertiary/aromatic N) is 2. The highest BCUT2D eigenvalue weighted by Crippen LogP contribution is 2.29. The van der Waals surface area contributed by atoms with Gasteiger partial charge in [0.05, 0.1) is 25.3 Å². The van der Waals surface area contributed by atoms with Gasteiger partial charge < -0.3 is 10.6 Å². The maximum Gasteiger partial charge on any atom is 0.234 e. The summed E-state index contributed by atoms with van der Waals surface area (Å²) in [6, 6.07) is 8.57. The molecule has 0 fully saturated rings. The number of hydrogen-bond acceptors (Lipinski definition) is 3. The average molecular weight is 312 g/mol. The molecule has 1 aromatic heterocycles. The van der Waals surface area contributed by atoms with Crippen LogP contribution in [0.2, 0.25) is 0 Å². The first kappa shape index (κ1) is 15.7. The second-order valence-corrected chi connectivity index (χ2v) is 6.17. The van der Waals surface area contributed by atoms with Crippen molar-refractivity contribution in [2.75, 3.05) is 13.1 Å². The third-order valence-electron chi connectivity index (χ3n) is 4.27. The van der Waals surface area contributed by atoms with Crippen molar-refractivity contribution in [3.8, 4) is 0 Å². The van der Waals surface area contributed by atoms with E-state index in [0.29, 0.717) is 6.54 Å². The molecule has 1 atom stereocenters. The lowest BCUT2D eigenvalue weighted by molar-refractivity contribution is -0.121. The number of amides is 1. The molecule has 1 amide bonds. The third-order valence-corrected chi connectivity index (χ3v) is 4.27. The summed E-state index contributed by atoms with van der Waals surface area (Å²) >= 11 is 0. The van der Waals surface area contributed by atoms with Crippen LogP contribution in [-0.4, -0.2) is 28.8 Å². The molecule has 0 saturated carbocycles. The van der Waals surface area contributed by atoms with Crippen LogP contribution in [0, 0.1) is 6.92 Å². The van der Waals surface area contributed by atoms with Crippen LogP contribution in [0.1, 0.15) is 35.6 Å². The van der Waals surface area contributed by atoms with Gasteiger partial charge in [0.15, 0.2) is 0 Å². The van der Waals surface area contributed by atoms with Gasteiger partial charge in [0.25, 0.3) is 0 Å². The van der Waals surface area contributed by atoms with Crippen molar-refractivity contribution in [3.63, 3.8) is 0 Å². The highest BCUT2D eigenvalue weighted by molar-refractivity contribution is 5.78. The van der Waals surface area contributed by atoms with Crippen molar-refractivity contribution < 1.29 is 4.79 Å². The van der Waals surface area contributed by atoms with E-state index >= 15 is 0 Å². The Morgan fingerprint density at radius 1 is 1.39 bits per heavy atom. The van der Waals surface area contributed by atoms with Crippen molar-refractivity contribution in [2.24, 2.45) is 0 Å². The maximum atomic E-state index is 12.1. The number of benzene rings is 1. The molecule has 3 rings (SSSR count). The molecule has 1 aliphatic rings. The first-order valence-corrected chi connectivity index (χ1v) is 8.29. The van der Waals surface area contributed by atoms with Crippen LogP contribution >= 0.6 is 0 Å². The van der Waals surface area contributed by atoms with Gasteiger partial charge in [0.1, 0.15) is 0 Å². The molecule has 122 valence electrons. The number of nitrogens with one attached hydrogen (secondary N) is 2. The number of rotatable bonds is 6. The summed E-state index contributed by atoms with van der Waals surface area (Å²) in [7, 11) is 0. The largest absolute Gasteiger partial charge is 0.348 e. The average Bonchev–Trinajstić information content (AvgIpc) is 2.97. The molecule has 5 nitrogen and oxygen atoms in total. The predicted octanol–water partition coefficient (Wildman–Crippen LogP) is 1.97. The number of hydrogen-bond donors (Lipinski definition) is 2. The van der Waals surface area contributed by atoms with Crippen molar-refractivity contribution in [1.82, 2.24) is 20.4 Å². The van der Waals surface area contributed by atoms with Crippen LogP contribution < -0.4 is 10.6 Å². The molecule has 1 aliphatic carbocycles. The van der Waals surface area contributed by atoms with Gasteiger partial charge in [-0.3, -0.25) is 9.48 Å². The zero-order chi connectivity index (χ0) is 16.1. The third kappa shape index (κ3) is 4.20. The van der Waals surface area contributed by atoms with E-state index in [4.69, 9.17) is 0 Å². The number of aryl methyl sites for hydroxylation is 2. The monoisotopic (exact) mass is 312 g/mol. The van der Waals surface area contributed by atoms with E-state index in [9.17, 15) is 4.79 Å². The Balaban J connectivity index is 1.43. The number of carbonyl (C=O) groups excluding carboxylic acids is 1. The Hall–Kier alpha value is -2.14. The number of carbonyl (C=O) groups is 1. The summed E-state index contributed by atoms with van der Waals surface area (Å²) in [5.41, 5.74) is 3.80. The van der Waals surface area contributed by atoms with Gasteiger partial charge >= 0.3 is 0 Å². The molecular formula is C18H24N4O. The summed E-state index contributed by atoms with van der Waals surface area (Å²) in [5, 5.41) is 10.6. The van der Waals surface area contributed by atoms with E-state index in [1.165, 1.54) is 11.1 Å². The van der Waals surface area contributed by atoms with E-state index in [0.717, 1.165) is 37.9 Å². The normalized spacial score (nSPS) is 16.8. The minimum absolute atomic E-state index is 0.0587. The summed E-state index contributed by atoms with van der Waals surface area (Å²) < 4.78 is 1.89. The molecule has 1 heterocycles. The highest BCUT2D eigenvalue weighted by atomic mass is 16.1. The molecule has 0 saturated heterocycles. The lowest BCUT2D eigenvalue weighted by atomic mass is 9.88. The van der Waals surface area contributed by atoms with Crippen molar-refractivity contribution >= 4 is 5.91 Å². The minimum atomic E-state index is 0.0587. The summed E-state index contributed by atoms with van der Waals surface area (Å²) in [4.78, 5) is 12.1. The van der Waals surface area contributed by atoms with Crippen LogP contribution in [0.5, 0.6) is 0 Å². The Morgan fingerprint density at radius 3 is 3.09 bits per heavy atom. The zero-order valence-corrected chi connectivity index (χ0v) is 13.6. The molecular weight excluding hydrogens is 288 g/mol. The van der Waals surface area contributed by atoms with Gasteiger partial charge in [-0.05, 0) is 42.9 Å². The van der Waals surface area contributed by atoms with Crippen LogP contribution in [0.15, 0.2) is 36.7 Å². The predicted molar refractivity (Wildman–Crippen MR) is 90.1 cm³/mol. The van der Waals surface area contributed by atoms with Gasteiger partial charge in [0, 0.05) is 12.7 Å². The van der Waals surface area contributed by atoms with Crippen LogP contribution in [-0.2, 0) is 17.8 Å². The van der Waals surface area contributed by atoms with Crippen LogP contribution in [0.4, 0.5) is 0 Å². The topological polar surface area (TPSA) is 59.0 Å². The van der Waals surface area contributed by atoms with E-state index in [2.05, 4.69) is 33.9 Å². The maximum absolute atomic E-state index is 12.1. The molecule has 23 heavy (non-hydrogen) atoms. The summed E-state index contributed by atoms with van der Waals surface area (Å²) in [5.74, 6) is 0.0587. The van der Waals surface area contributed by atoms with Crippen LogP contribution in [0.25, 0.3) is 0 Å². The molecule has 0 spiro atoms. The highest BCUT2D eigenvalue weighted by Gasteiger charge is 2.20. The molecule has 0 bridgehead atoms. The fourth-order valence-corrected chi connectivity index (χ4v) is 3.13. The zero-order valence-electron chi connectivity index (χ0n) is 13.6. The van der Waals surface area contributed by atoms with E-state index < -0.39 is 0 Å². The van der Waals surface area contributed by atoms with Crippen molar-refractivity contribution in [2.45, 2.75) is 38.8 Å². The van der Waals surface area contributed by atoms with Gasteiger partial charge in [-0.15, -0.1) is 0 Å². The van der Waals surface area contributed by atoms with Crippen molar-refractivity contribution in [1.29, 1.82) is 0 Å². The summed E-state index contributed by atoms with van der Waals surface area (Å²) in [6.45, 7) is 3.87. The van der Waals surface area contributed by atoms with E-state index in [1.54, 1.807) is 0 Å². The van der Waals surface area contributed by atoms with E-state index in [-0.39, 0.29) is 11.9 Å². The quantitative estimate of drug-likeness (QED) is 0.802. The Bertz CT molecular complexity index is 665. The second kappa shape index (κ2) is 7.42. The van der Waals surface area contributed by atoms with Gasteiger partial charge in [-0.25, -0.2) is 0 Å². The first-order valence-electron chi connectivity index (χ1n) is 8.29. The Labute approximate surface area is 137 Å². The lowest BCUT2D eigenvalue weighted by Crippen LogP contribution is -2.38. The number of aromatic nitrogens is 2. The molecule has 5 heteroatoms. The second-order valence-electron chi connectivity index (χ2n) is 6.17. The van der Waals surface area contributed by atoms with Gasteiger partial charge in [-0.2, -0.15) is 5.10 Å². The Morgan fingerprint density at radius 2 is 2.26 bits per heavy atom. The molecule has 1 unspecified atom stereocenters. The number of fused-ring (bicyclic) bond motifs is 1. The SMILES string of the molecule is Cc1cnn(CCNCC(=O)NC2CCCc3ccccc32)c1. The molecule has 2 N–H and O–H groups in total. The smallest absolute Gasteiger partial charge is 0.234 e. The van der Waals surface area contributed by atoms with Crippen molar-refractivity contribution in [3.05, 3.63) is 53.3 Å². The van der Waals surface area contributed by atoms with E-state index in [1.807, 2.05) is 30.1 Å². The molecule has 1 aromatic carbocycles. The van der Waals surface area contributed by atoms with Crippen LogP contribution in [0.3, 0.4) is 0 Å². The standard InChI is InChI=1S/C18H24N4O/c1-14-11-20-22(13-14)10-9-19-12-18(23)21-17-8-4-6-15-5-2-3-7-16(15)17/h2-3,5,7,11,13,17,19H,4,6,8-10,12H2,1H3,(H,21,23). The first-order chi connectivity index (χ1) is 11.2. The molecule has 0 aliphatic heterocycles. The Kier molecular flexibility index (Phi) is 5.08. The summed E-state index contributed by atoms with van der Waals surface area (Å²) in [6.07, 6.45) is 7.11. The lowest BCUT2D eigenvalue weighted by Gasteiger charge is -2.26. The fraction of sp³-hybridized carbons (Fsp3) is 0.444. The molecule has 2 aromatic rings. The van der Waals surface area contributed by atoms with Gasteiger partial charge in [0.2, 0.25) is 5.91 Å². The minimum Gasteiger partial charge on any atom is -0.348 e. The fourth-order valence-electron chi connectivity index (χ4n) is 3.13. The van der Waals surface area contributed by atoms with Gasteiger partial charge in [-0.1, -0.05) is 24.3 Å². The molecule has 0 radical (unpaired) electrons.